The average Bonchev–Trinajstić information content (AvgIpc) is 3.30. The molecule has 3 rings (SSSR count). The summed E-state index contributed by atoms with van der Waals surface area (Å²) in [6, 6.07) is 14.5. The summed E-state index contributed by atoms with van der Waals surface area (Å²) in [5.74, 6) is 0.480. The lowest BCUT2D eigenvalue weighted by molar-refractivity contribution is -0.114. The van der Waals surface area contributed by atoms with E-state index in [2.05, 4.69) is 10.6 Å². The first-order chi connectivity index (χ1) is 14.7. The SMILES string of the molecule is CCOCCOc1ccccc1NCC(=O)Nc1cccc(C(=O)N2CCCC2)c1. The van der Waals surface area contributed by atoms with Gasteiger partial charge in [0.2, 0.25) is 5.91 Å². The van der Waals surface area contributed by atoms with Crippen molar-refractivity contribution in [1.82, 2.24) is 4.90 Å². The van der Waals surface area contributed by atoms with Crippen LogP contribution in [0.5, 0.6) is 5.75 Å². The molecule has 0 aliphatic carbocycles. The van der Waals surface area contributed by atoms with Crippen molar-refractivity contribution in [2.24, 2.45) is 0 Å². The van der Waals surface area contributed by atoms with Crippen LogP contribution in [-0.2, 0) is 9.53 Å². The van der Waals surface area contributed by atoms with E-state index in [1.807, 2.05) is 36.1 Å². The van der Waals surface area contributed by atoms with Crippen molar-refractivity contribution in [3.8, 4) is 5.75 Å². The normalized spacial score (nSPS) is 13.2. The summed E-state index contributed by atoms with van der Waals surface area (Å²) in [4.78, 5) is 26.8. The van der Waals surface area contributed by atoms with Crippen LogP contribution in [-0.4, -0.2) is 56.2 Å². The number of nitrogens with one attached hydrogen (secondary N) is 2. The molecule has 1 fully saturated rings. The molecule has 0 saturated carbocycles. The molecule has 1 saturated heterocycles. The third kappa shape index (κ3) is 6.22. The lowest BCUT2D eigenvalue weighted by Gasteiger charge is -2.16. The highest BCUT2D eigenvalue weighted by Crippen LogP contribution is 2.23. The van der Waals surface area contributed by atoms with Gasteiger partial charge in [0.25, 0.3) is 5.91 Å². The number of nitrogens with zero attached hydrogens (tertiary/aromatic N) is 1. The number of hydrogen-bond acceptors (Lipinski definition) is 5. The Balaban J connectivity index is 1.53. The summed E-state index contributed by atoms with van der Waals surface area (Å²) < 4.78 is 11.0. The predicted octanol–water partition coefficient (Wildman–Crippen LogP) is 3.39. The highest BCUT2D eigenvalue weighted by atomic mass is 16.5. The van der Waals surface area contributed by atoms with E-state index in [9.17, 15) is 9.59 Å². The molecule has 160 valence electrons. The smallest absolute Gasteiger partial charge is 0.253 e. The summed E-state index contributed by atoms with van der Waals surface area (Å²) in [5, 5.41) is 5.95. The second-order valence-corrected chi connectivity index (χ2v) is 7.02. The fourth-order valence-electron chi connectivity index (χ4n) is 3.31. The molecule has 0 aromatic heterocycles. The summed E-state index contributed by atoms with van der Waals surface area (Å²) >= 11 is 0. The first-order valence-corrected chi connectivity index (χ1v) is 10.4. The second kappa shape index (κ2) is 11.2. The lowest BCUT2D eigenvalue weighted by atomic mass is 10.1. The molecule has 30 heavy (non-hydrogen) atoms. The van der Waals surface area contributed by atoms with E-state index in [0.29, 0.717) is 36.8 Å². The highest BCUT2D eigenvalue weighted by molar-refractivity contribution is 5.98. The Bertz CT molecular complexity index is 850. The molecule has 7 heteroatoms. The van der Waals surface area contributed by atoms with Crippen molar-refractivity contribution in [2.45, 2.75) is 19.8 Å². The van der Waals surface area contributed by atoms with Crippen molar-refractivity contribution in [3.63, 3.8) is 0 Å². The molecular formula is C23H29N3O4. The van der Waals surface area contributed by atoms with Crippen molar-refractivity contribution in [1.29, 1.82) is 0 Å². The van der Waals surface area contributed by atoms with Crippen molar-refractivity contribution < 1.29 is 19.1 Å². The van der Waals surface area contributed by atoms with Crippen LogP contribution in [0, 0.1) is 0 Å². The predicted molar refractivity (Wildman–Crippen MR) is 117 cm³/mol. The minimum Gasteiger partial charge on any atom is -0.489 e. The Morgan fingerprint density at radius 3 is 2.63 bits per heavy atom. The minimum absolute atomic E-state index is 0.0138. The first kappa shape index (κ1) is 21.6. The molecule has 0 radical (unpaired) electrons. The van der Waals surface area contributed by atoms with Crippen LogP contribution in [0.1, 0.15) is 30.1 Å². The van der Waals surface area contributed by atoms with Gasteiger partial charge < -0.3 is 25.0 Å². The van der Waals surface area contributed by atoms with E-state index in [1.165, 1.54) is 0 Å². The number of amides is 2. The van der Waals surface area contributed by atoms with E-state index < -0.39 is 0 Å². The van der Waals surface area contributed by atoms with Gasteiger partial charge in [0.05, 0.1) is 18.8 Å². The number of benzene rings is 2. The number of rotatable bonds is 10. The Labute approximate surface area is 177 Å². The second-order valence-electron chi connectivity index (χ2n) is 7.02. The van der Waals surface area contributed by atoms with Crippen LogP contribution in [0.25, 0.3) is 0 Å². The molecule has 1 aliphatic rings. The van der Waals surface area contributed by atoms with Gasteiger partial charge >= 0.3 is 0 Å². The average molecular weight is 412 g/mol. The monoisotopic (exact) mass is 411 g/mol. The molecule has 2 aromatic rings. The maximum absolute atomic E-state index is 12.5. The number of carbonyl (C=O) groups is 2. The molecule has 0 spiro atoms. The van der Waals surface area contributed by atoms with Gasteiger partial charge in [0, 0.05) is 30.9 Å². The summed E-state index contributed by atoms with van der Waals surface area (Å²) in [5.41, 5.74) is 1.94. The van der Waals surface area contributed by atoms with Crippen LogP contribution < -0.4 is 15.4 Å². The zero-order chi connectivity index (χ0) is 21.2. The molecular weight excluding hydrogens is 382 g/mol. The molecule has 0 atom stereocenters. The topological polar surface area (TPSA) is 79.9 Å². The first-order valence-electron chi connectivity index (χ1n) is 10.4. The number of para-hydroxylation sites is 2. The molecule has 1 heterocycles. The standard InChI is InChI=1S/C23H29N3O4/c1-2-29-14-15-30-21-11-4-3-10-20(21)24-17-22(27)25-19-9-7-8-18(16-19)23(28)26-12-5-6-13-26/h3-4,7-11,16,24H,2,5-6,12-15,17H2,1H3,(H,25,27). The van der Waals surface area contributed by atoms with Gasteiger partial charge in [-0.3, -0.25) is 9.59 Å². The van der Waals surface area contributed by atoms with E-state index in [0.717, 1.165) is 31.6 Å². The number of ether oxygens (including phenoxy) is 2. The number of carbonyl (C=O) groups excluding carboxylic acids is 2. The third-order valence-electron chi connectivity index (χ3n) is 4.80. The van der Waals surface area contributed by atoms with E-state index >= 15 is 0 Å². The minimum atomic E-state index is -0.204. The maximum atomic E-state index is 12.5. The van der Waals surface area contributed by atoms with Gasteiger partial charge in [0.1, 0.15) is 12.4 Å². The Morgan fingerprint density at radius 1 is 1.03 bits per heavy atom. The van der Waals surface area contributed by atoms with Gasteiger partial charge in [-0.05, 0) is 50.1 Å². The van der Waals surface area contributed by atoms with Crippen LogP contribution in [0.2, 0.25) is 0 Å². The van der Waals surface area contributed by atoms with Gasteiger partial charge in [-0.25, -0.2) is 0 Å². The molecule has 1 aliphatic heterocycles. The lowest BCUT2D eigenvalue weighted by Crippen LogP contribution is -2.27. The third-order valence-corrected chi connectivity index (χ3v) is 4.80. The number of hydrogen-bond donors (Lipinski definition) is 2. The number of likely N-dealkylation sites (tertiary alicyclic amines) is 1. The molecule has 0 unspecified atom stereocenters. The van der Waals surface area contributed by atoms with Crippen LogP contribution in [0.3, 0.4) is 0 Å². The maximum Gasteiger partial charge on any atom is 0.253 e. The van der Waals surface area contributed by atoms with Crippen LogP contribution in [0.15, 0.2) is 48.5 Å². The van der Waals surface area contributed by atoms with Gasteiger partial charge in [-0.1, -0.05) is 18.2 Å². The summed E-state index contributed by atoms with van der Waals surface area (Å²) in [6.45, 7) is 5.21. The van der Waals surface area contributed by atoms with Crippen LogP contribution >= 0.6 is 0 Å². The van der Waals surface area contributed by atoms with Gasteiger partial charge in [-0.2, -0.15) is 0 Å². The van der Waals surface area contributed by atoms with Crippen LogP contribution in [0.4, 0.5) is 11.4 Å². The largest absolute Gasteiger partial charge is 0.489 e. The van der Waals surface area contributed by atoms with Crippen molar-refractivity contribution in [3.05, 3.63) is 54.1 Å². The van der Waals surface area contributed by atoms with Crippen molar-refractivity contribution in [2.75, 3.05) is 50.1 Å². The zero-order valence-electron chi connectivity index (χ0n) is 17.4. The Hall–Kier alpha value is -3.06. The van der Waals surface area contributed by atoms with Gasteiger partial charge in [-0.15, -0.1) is 0 Å². The van der Waals surface area contributed by atoms with E-state index in [1.54, 1.807) is 24.3 Å². The van der Waals surface area contributed by atoms with Crippen molar-refractivity contribution >= 4 is 23.2 Å². The molecule has 0 bridgehead atoms. The van der Waals surface area contributed by atoms with Gasteiger partial charge in [0.15, 0.2) is 0 Å². The Morgan fingerprint density at radius 2 is 1.83 bits per heavy atom. The van der Waals surface area contributed by atoms with E-state index in [4.69, 9.17) is 9.47 Å². The fourth-order valence-corrected chi connectivity index (χ4v) is 3.31. The fraction of sp³-hybridized carbons (Fsp3) is 0.391. The summed E-state index contributed by atoms with van der Waals surface area (Å²) in [7, 11) is 0. The molecule has 2 amide bonds. The Kier molecular flexibility index (Phi) is 8.09. The number of anilines is 2. The van der Waals surface area contributed by atoms with E-state index in [-0.39, 0.29) is 18.4 Å². The highest BCUT2D eigenvalue weighted by Gasteiger charge is 2.19. The molecule has 2 N–H and O–H groups in total. The molecule has 2 aromatic carbocycles. The zero-order valence-corrected chi connectivity index (χ0v) is 17.4. The molecule has 7 nitrogen and oxygen atoms in total. The summed E-state index contributed by atoms with van der Waals surface area (Å²) in [6.07, 6.45) is 2.09. The quantitative estimate of drug-likeness (QED) is 0.586.